The average Bonchev–Trinajstić information content (AvgIpc) is 2.39. The van der Waals surface area contributed by atoms with Crippen LogP contribution in [-0.4, -0.2) is 35.0 Å². The zero-order chi connectivity index (χ0) is 14.4. The van der Waals surface area contributed by atoms with E-state index < -0.39 is 0 Å². The molecule has 0 spiro atoms. The third-order valence-electron chi connectivity index (χ3n) is 3.13. The number of aryl methyl sites for hydroxylation is 1. The highest BCUT2D eigenvalue weighted by Crippen LogP contribution is 2.12. The largest absolute Gasteiger partial charge is 0.357 e. The maximum Gasteiger partial charge on any atom is 0.270 e. The van der Waals surface area contributed by atoms with E-state index in [1.165, 1.54) is 0 Å². The Bertz CT molecular complexity index is 429. The molecular formula is C14H24N4O. The number of nitrogens with zero attached hydrogens (tertiary/aromatic N) is 3. The Labute approximate surface area is 115 Å². The van der Waals surface area contributed by atoms with Gasteiger partial charge in [0.05, 0.1) is 0 Å². The summed E-state index contributed by atoms with van der Waals surface area (Å²) < 4.78 is 0. The van der Waals surface area contributed by atoms with Crippen LogP contribution in [0.2, 0.25) is 0 Å². The Morgan fingerprint density at radius 3 is 2.47 bits per heavy atom. The second-order valence-corrected chi connectivity index (χ2v) is 4.61. The van der Waals surface area contributed by atoms with Crippen LogP contribution < -0.4 is 10.2 Å². The van der Waals surface area contributed by atoms with E-state index in [2.05, 4.69) is 34.0 Å². The standard InChI is InChI=1S/C14H24N4O/c1-6-10(4)15-14(19)12-9-13(17-11(5)16-12)18(7-2)8-3/h9-10H,6-8H2,1-5H3,(H,15,19). The number of carbonyl (C=O) groups excluding carboxylic acids is 1. The predicted molar refractivity (Wildman–Crippen MR) is 77.5 cm³/mol. The summed E-state index contributed by atoms with van der Waals surface area (Å²) in [5, 5.41) is 2.93. The number of aromatic nitrogens is 2. The van der Waals surface area contributed by atoms with Gasteiger partial charge in [0.1, 0.15) is 17.3 Å². The van der Waals surface area contributed by atoms with E-state index in [0.29, 0.717) is 11.5 Å². The van der Waals surface area contributed by atoms with Crippen LogP contribution >= 0.6 is 0 Å². The SMILES string of the molecule is CCC(C)NC(=O)c1cc(N(CC)CC)nc(C)n1. The van der Waals surface area contributed by atoms with Crippen LogP contribution in [0.3, 0.4) is 0 Å². The maximum atomic E-state index is 12.1. The van der Waals surface area contributed by atoms with Gasteiger partial charge in [0.2, 0.25) is 0 Å². The van der Waals surface area contributed by atoms with Gasteiger partial charge in [-0.3, -0.25) is 4.79 Å². The van der Waals surface area contributed by atoms with Crippen molar-refractivity contribution in [1.29, 1.82) is 0 Å². The van der Waals surface area contributed by atoms with E-state index in [9.17, 15) is 4.79 Å². The first kappa shape index (κ1) is 15.4. The van der Waals surface area contributed by atoms with E-state index >= 15 is 0 Å². The Kier molecular flexibility index (Phi) is 5.73. The van der Waals surface area contributed by atoms with Gasteiger partial charge in [0.15, 0.2) is 0 Å². The summed E-state index contributed by atoms with van der Waals surface area (Å²) >= 11 is 0. The molecule has 0 fully saturated rings. The molecule has 1 aromatic heterocycles. The van der Waals surface area contributed by atoms with Crippen LogP contribution in [0.4, 0.5) is 5.82 Å². The zero-order valence-electron chi connectivity index (χ0n) is 12.5. The first-order chi connectivity index (χ1) is 9.01. The quantitative estimate of drug-likeness (QED) is 0.855. The first-order valence-electron chi connectivity index (χ1n) is 6.93. The zero-order valence-corrected chi connectivity index (χ0v) is 12.5. The van der Waals surface area contributed by atoms with Crippen molar-refractivity contribution in [3.63, 3.8) is 0 Å². The maximum absolute atomic E-state index is 12.1. The van der Waals surface area contributed by atoms with Crippen molar-refractivity contribution in [3.8, 4) is 0 Å². The van der Waals surface area contributed by atoms with E-state index in [1.54, 1.807) is 6.07 Å². The minimum atomic E-state index is -0.131. The highest BCUT2D eigenvalue weighted by molar-refractivity contribution is 5.93. The lowest BCUT2D eigenvalue weighted by atomic mass is 10.2. The number of rotatable bonds is 6. The minimum Gasteiger partial charge on any atom is -0.357 e. The molecule has 1 heterocycles. The molecule has 0 aromatic carbocycles. The van der Waals surface area contributed by atoms with Gasteiger partial charge in [0, 0.05) is 25.2 Å². The predicted octanol–water partition coefficient (Wildman–Crippen LogP) is 2.16. The van der Waals surface area contributed by atoms with Crippen LogP contribution in [0, 0.1) is 6.92 Å². The van der Waals surface area contributed by atoms with Gasteiger partial charge in [-0.05, 0) is 34.1 Å². The summed E-state index contributed by atoms with van der Waals surface area (Å²) in [5.41, 5.74) is 0.440. The van der Waals surface area contributed by atoms with E-state index in [1.807, 2.05) is 20.8 Å². The number of carbonyl (C=O) groups is 1. The number of anilines is 1. The van der Waals surface area contributed by atoms with Crippen LogP contribution in [-0.2, 0) is 0 Å². The molecule has 0 aliphatic heterocycles. The lowest BCUT2D eigenvalue weighted by molar-refractivity contribution is 0.0934. The average molecular weight is 264 g/mol. The van der Waals surface area contributed by atoms with Gasteiger partial charge in [-0.15, -0.1) is 0 Å². The monoisotopic (exact) mass is 264 g/mol. The molecule has 5 nitrogen and oxygen atoms in total. The van der Waals surface area contributed by atoms with Gasteiger partial charge < -0.3 is 10.2 Å². The summed E-state index contributed by atoms with van der Waals surface area (Å²) in [7, 11) is 0. The van der Waals surface area contributed by atoms with Gasteiger partial charge in [-0.1, -0.05) is 6.92 Å². The highest BCUT2D eigenvalue weighted by Gasteiger charge is 2.14. The van der Waals surface area contributed by atoms with Crippen LogP contribution in [0.25, 0.3) is 0 Å². The molecule has 1 amide bonds. The first-order valence-corrected chi connectivity index (χ1v) is 6.93. The minimum absolute atomic E-state index is 0.131. The summed E-state index contributed by atoms with van der Waals surface area (Å²) in [6, 6.07) is 1.91. The number of amides is 1. The molecule has 0 bridgehead atoms. The summed E-state index contributed by atoms with van der Waals surface area (Å²) in [6.45, 7) is 11.7. The summed E-state index contributed by atoms with van der Waals surface area (Å²) in [5.74, 6) is 1.30. The van der Waals surface area contributed by atoms with Gasteiger partial charge in [-0.25, -0.2) is 9.97 Å². The molecule has 1 N–H and O–H groups in total. The molecule has 106 valence electrons. The molecular weight excluding hydrogens is 240 g/mol. The molecule has 1 atom stereocenters. The molecule has 0 aliphatic rings. The molecule has 1 rings (SSSR count). The lowest BCUT2D eigenvalue weighted by Gasteiger charge is -2.20. The molecule has 1 unspecified atom stereocenters. The second-order valence-electron chi connectivity index (χ2n) is 4.61. The lowest BCUT2D eigenvalue weighted by Crippen LogP contribution is -2.33. The van der Waals surface area contributed by atoms with Crippen molar-refractivity contribution in [2.24, 2.45) is 0 Å². The number of hydrogen-bond donors (Lipinski definition) is 1. The normalized spacial score (nSPS) is 12.1. The molecule has 0 saturated carbocycles. The number of hydrogen-bond acceptors (Lipinski definition) is 4. The van der Waals surface area contributed by atoms with Gasteiger partial charge in [0.25, 0.3) is 5.91 Å². The van der Waals surface area contributed by atoms with E-state index in [4.69, 9.17) is 0 Å². The van der Waals surface area contributed by atoms with Crippen molar-refractivity contribution < 1.29 is 4.79 Å². The van der Waals surface area contributed by atoms with Crippen molar-refractivity contribution in [3.05, 3.63) is 17.6 Å². The molecule has 5 heteroatoms. The van der Waals surface area contributed by atoms with Crippen molar-refractivity contribution in [1.82, 2.24) is 15.3 Å². The van der Waals surface area contributed by atoms with E-state index in [0.717, 1.165) is 25.3 Å². The fourth-order valence-electron chi connectivity index (χ4n) is 1.78. The third-order valence-corrected chi connectivity index (χ3v) is 3.13. The molecule has 1 aromatic rings. The van der Waals surface area contributed by atoms with Gasteiger partial charge >= 0.3 is 0 Å². The summed E-state index contributed by atoms with van der Waals surface area (Å²) in [6.07, 6.45) is 0.901. The van der Waals surface area contributed by atoms with Crippen LogP contribution in [0.5, 0.6) is 0 Å². The Morgan fingerprint density at radius 1 is 1.32 bits per heavy atom. The molecule has 0 aliphatic carbocycles. The Hall–Kier alpha value is -1.65. The van der Waals surface area contributed by atoms with Crippen LogP contribution in [0.1, 0.15) is 50.4 Å². The number of nitrogens with one attached hydrogen (secondary N) is 1. The fraction of sp³-hybridized carbons (Fsp3) is 0.643. The Balaban J connectivity index is 2.99. The van der Waals surface area contributed by atoms with Crippen molar-refractivity contribution in [2.45, 2.75) is 47.1 Å². The van der Waals surface area contributed by atoms with E-state index in [-0.39, 0.29) is 11.9 Å². The molecule has 19 heavy (non-hydrogen) atoms. The third kappa shape index (κ3) is 4.19. The highest BCUT2D eigenvalue weighted by atomic mass is 16.1. The fourth-order valence-corrected chi connectivity index (χ4v) is 1.78. The van der Waals surface area contributed by atoms with Gasteiger partial charge in [-0.2, -0.15) is 0 Å². The van der Waals surface area contributed by atoms with Crippen molar-refractivity contribution in [2.75, 3.05) is 18.0 Å². The van der Waals surface area contributed by atoms with Crippen molar-refractivity contribution >= 4 is 11.7 Å². The van der Waals surface area contributed by atoms with Crippen LogP contribution in [0.15, 0.2) is 6.07 Å². The Morgan fingerprint density at radius 2 is 1.95 bits per heavy atom. The topological polar surface area (TPSA) is 58.1 Å². The smallest absolute Gasteiger partial charge is 0.270 e. The second kappa shape index (κ2) is 7.07. The molecule has 0 radical (unpaired) electrons. The molecule has 0 saturated heterocycles. The summed E-state index contributed by atoms with van der Waals surface area (Å²) in [4.78, 5) is 22.8.